The summed E-state index contributed by atoms with van der Waals surface area (Å²) >= 11 is 3.63. The molecule has 0 saturated heterocycles. The van der Waals surface area contributed by atoms with Crippen molar-refractivity contribution in [2.75, 3.05) is 18.5 Å². The molecule has 1 heterocycles. The van der Waals surface area contributed by atoms with Crippen molar-refractivity contribution in [1.29, 1.82) is 0 Å². The minimum atomic E-state index is 0.759. The first-order valence-corrected chi connectivity index (χ1v) is 6.34. The van der Waals surface area contributed by atoms with E-state index in [4.69, 9.17) is 0 Å². The molecule has 0 bridgehead atoms. The van der Waals surface area contributed by atoms with Gasteiger partial charge in [0, 0.05) is 36.5 Å². The molecule has 0 aliphatic heterocycles. The quantitative estimate of drug-likeness (QED) is 0.784. The summed E-state index contributed by atoms with van der Waals surface area (Å²) in [4.78, 5) is 7.23. The molecule has 1 aromatic rings. The lowest BCUT2D eigenvalue weighted by Crippen LogP contribution is -2.34. The Bertz CT molecular complexity index is 334. The van der Waals surface area contributed by atoms with Gasteiger partial charge in [0.1, 0.15) is 0 Å². The van der Waals surface area contributed by atoms with Gasteiger partial charge in [-0.25, -0.2) is 0 Å². The molecule has 1 saturated carbocycles. The number of alkyl halides is 1. The van der Waals surface area contributed by atoms with Crippen LogP contribution in [0.1, 0.15) is 18.4 Å². The Hall–Kier alpha value is -0.570. The third-order valence-electron chi connectivity index (χ3n) is 3.11. The van der Waals surface area contributed by atoms with E-state index < -0.39 is 0 Å². The molecular formula is C12H17BrN2. The molecule has 0 aromatic carbocycles. The van der Waals surface area contributed by atoms with Crippen molar-refractivity contribution in [3.63, 3.8) is 0 Å². The topological polar surface area (TPSA) is 16.1 Å². The van der Waals surface area contributed by atoms with Gasteiger partial charge in [-0.2, -0.15) is 0 Å². The Labute approximate surface area is 99.8 Å². The van der Waals surface area contributed by atoms with Gasteiger partial charge in [-0.05, 0) is 37.3 Å². The average molecular weight is 269 g/mol. The Morgan fingerprint density at radius 2 is 2.27 bits per heavy atom. The van der Waals surface area contributed by atoms with E-state index >= 15 is 0 Å². The zero-order valence-electron chi connectivity index (χ0n) is 9.28. The predicted octanol–water partition coefficient (Wildman–Crippen LogP) is 3.00. The molecule has 3 heteroatoms. The SMILES string of the molecule is Cc1cnccc1N(C)CC1CC(Br)C1. The van der Waals surface area contributed by atoms with Gasteiger partial charge >= 0.3 is 0 Å². The molecule has 1 fully saturated rings. The van der Waals surface area contributed by atoms with E-state index in [0.717, 1.165) is 17.3 Å². The Kier molecular flexibility index (Phi) is 3.29. The smallest absolute Gasteiger partial charge is 0.0424 e. The van der Waals surface area contributed by atoms with Gasteiger partial charge in [0.15, 0.2) is 0 Å². The van der Waals surface area contributed by atoms with E-state index in [1.807, 2.05) is 12.4 Å². The highest BCUT2D eigenvalue weighted by molar-refractivity contribution is 9.09. The van der Waals surface area contributed by atoms with Gasteiger partial charge in [0.05, 0.1) is 0 Å². The molecule has 0 amide bonds. The van der Waals surface area contributed by atoms with E-state index in [1.54, 1.807) is 0 Å². The molecular weight excluding hydrogens is 252 g/mol. The average Bonchev–Trinajstić information content (AvgIpc) is 2.16. The number of rotatable bonds is 3. The normalized spacial score (nSPS) is 24.7. The standard InChI is InChI=1S/C12H17BrN2/c1-9-7-14-4-3-12(9)15(2)8-10-5-11(13)6-10/h3-4,7,10-11H,5-6,8H2,1-2H3. The zero-order valence-corrected chi connectivity index (χ0v) is 10.9. The van der Waals surface area contributed by atoms with Crippen molar-refractivity contribution < 1.29 is 0 Å². The number of aryl methyl sites for hydroxylation is 1. The van der Waals surface area contributed by atoms with Crippen LogP contribution in [0.15, 0.2) is 18.5 Å². The van der Waals surface area contributed by atoms with E-state index in [9.17, 15) is 0 Å². The fraction of sp³-hybridized carbons (Fsp3) is 0.583. The maximum absolute atomic E-state index is 4.12. The first-order valence-electron chi connectivity index (χ1n) is 5.42. The van der Waals surface area contributed by atoms with Crippen LogP contribution >= 0.6 is 15.9 Å². The highest BCUT2D eigenvalue weighted by Crippen LogP contribution is 2.34. The van der Waals surface area contributed by atoms with Crippen LogP contribution in [0.3, 0.4) is 0 Å². The van der Waals surface area contributed by atoms with Crippen LogP contribution in [0.4, 0.5) is 5.69 Å². The van der Waals surface area contributed by atoms with Crippen LogP contribution in [0.5, 0.6) is 0 Å². The van der Waals surface area contributed by atoms with Crippen LogP contribution in [0, 0.1) is 12.8 Å². The predicted molar refractivity (Wildman–Crippen MR) is 67.7 cm³/mol. The van der Waals surface area contributed by atoms with Gasteiger partial charge in [-0.3, -0.25) is 4.98 Å². The summed E-state index contributed by atoms with van der Waals surface area (Å²) < 4.78 is 0. The van der Waals surface area contributed by atoms with Crippen LogP contribution in [-0.4, -0.2) is 23.4 Å². The van der Waals surface area contributed by atoms with Crippen molar-refractivity contribution in [2.45, 2.75) is 24.6 Å². The number of anilines is 1. The fourth-order valence-electron chi connectivity index (χ4n) is 2.18. The minimum Gasteiger partial charge on any atom is -0.374 e. The summed E-state index contributed by atoms with van der Waals surface area (Å²) in [6.07, 6.45) is 6.43. The molecule has 15 heavy (non-hydrogen) atoms. The number of aromatic nitrogens is 1. The second-order valence-electron chi connectivity index (χ2n) is 4.48. The van der Waals surface area contributed by atoms with E-state index in [-0.39, 0.29) is 0 Å². The monoisotopic (exact) mass is 268 g/mol. The lowest BCUT2D eigenvalue weighted by molar-refractivity contribution is 0.339. The van der Waals surface area contributed by atoms with Gasteiger partial charge in [0.2, 0.25) is 0 Å². The lowest BCUT2D eigenvalue weighted by Gasteiger charge is -2.35. The highest BCUT2D eigenvalue weighted by Gasteiger charge is 2.27. The maximum atomic E-state index is 4.12. The van der Waals surface area contributed by atoms with Crippen LogP contribution < -0.4 is 4.90 Å². The van der Waals surface area contributed by atoms with Gasteiger partial charge in [0.25, 0.3) is 0 Å². The largest absolute Gasteiger partial charge is 0.374 e. The second kappa shape index (κ2) is 4.52. The van der Waals surface area contributed by atoms with E-state index in [0.29, 0.717) is 0 Å². The fourth-order valence-corrected chi connectivity index (χ4v) is 3.24. The van der Waals surface area contributed by atoms with Crippen LogP contribution in [0.25, 0.3) is 0 Å². The van der Waals surface area contributed by atoms with Gasteiger partial charge < -0.3 is 4.90 Å². The minimum absolute atomic E-state index is 0.759. The molecule has 0 unspecified atom stereocenters. The molecule has 82 valence electrons. The lowest BCUT2D eigenvalue weighted by atomic mass is 9.85. The third-order valence-corrected chi connectivity index (χ3v) is 3.86. The van der Waals surface area contributed by atoms with E-state index in [2.05, 4.69) is 45.9 Å². The molecule has 0 spiro atoms. The number of pyridine rings is 1. The molecule has 0 radical (unpaired) electrons. The maximum Gasteiger partial charge on any atom is 0.0424 e. The first-order chi connectivity index (χ1) is 7.16. The van der Waals surface area contributed by atoms with Crippen molar-refractivity contribution in [3.8, 4) is 0 Å². The summed E-state index contributed by atoms with van der Waals surface area (Å²) in [7, 11) is 2.17. The molecule has 1 aliphatic carbocycles. The van der Waals surface area contributed by atoms with Crippen LogP contribution in [0.2, 0.25) is 0 Å². The molecule has 1 aliphatic rings. The summed E-state index contributed by atoms with van der Waals surface area (Å²) in [5, 5.41) is 0. The molecule has 2 nitrogen and oxygen atoms in total. The van der Waals surface area contributed by atoms with Crippen LogP contribution in [-0.2, 0) is 0 Å². The molecule has 1 aromatic heterocycles. The first kappa shape index (κ1) is 10.9. The van der Waals surface area contributed by atoms with Crippen molar-refractivity contribution in [3.05, 3.63) is 24.0 Å². The molecule has 0 N–H and O–H groups in total. The number of halogens is 1. The Morgan fingerprint density at radius 1 is 1.53 bits per heavy atom. The second-order valence-corrected chi connectivity index (χ2v) is 5.77. The van der Waals surface area contributed by atoms with Gasteiger partial charge in [-0.15, -0.1) is 0 Å². The zero-order chi connectivity index (χ0) is 10.8. The number of hydrogen-bond donors (Lipinski definition) is 0. The van der Waals surface area contributed by atoms with E-state index in [1.165, 1.54) is 24.1 Å². The van der Waals surface area contributed by atoms with Crippen molar-refractivity contribution in [1.82, 2.24) is 4.98 Å². The molecule has 0 atom stereocenters. The summed E-state index contributed by atoms with van der Waals surface area (Å²) in [6.45, 7) is 3.28. The number of hydrogen-bond acceptors (Lipinski definition) is 2. The Balaban J connectivity index is 1.96. The number of nitrogens with zero attached hydrogens (tertiary/aromatic N) is 2. The third kappa shape index (κ3) is 2.51. The highest BCUT2D eigenvalue weighted by atomic mass is 79.9. The summed E-state index contributed by atoms with van der Waals surface area (Å²) in [5.74, 6) is 0.854. The summed E-state index contributed by atoms with van der Waals surface area (Å²) in [6, 6.07) is 2.10. The Morgan fingerprint density at radius 3 is 2.87 bits per heavy atom. The van der Waals surface area contributed by atoms with Gasteiger partial charge in [-0.1, -0.05) is 15.9 Å². The van der Waals surface area contributed by atoms with Crippen molar-refractivity contribution in [2.24, 2.45) is 5.92 Å². The van der Waals surface area contributed by atoms with Crippen molar-refractivity contribution >= 4 is 21.6 Å². The summed E-state index contributed by atoms with van der Waals surface area (Å²) in [5.41, 5.74) is 2.57. The molecule has 2 rings (SSSR count).